The molecule has 2 aliphatic heterocycles. The molecule has 9 nitrogen and oxygen atoms in total. The Morgan fingerprint density at radius 1 is 0.884 bits per heavy atom. The maximum Gasteiger partial charge on any atom is 0.311 e. The van der Waals surface area contributed by atoms with Crippen LogP contribution in [-0.2, 0) is 26.0 Å². The molecular formula is C31H35F2NO8S. The number of aliphatic hydroxyl groups excluding tert-OH is 3. The Bertz CT molecular complexity index is 1450. The summed E-state index contributed by atoms with van der Waals surface area (Å²) in [4.78, 5) is 2.17. The zero-order valence-electron chi connectivity index (χ0n) is 23.5. The van der Waals surface area contributed by atoms with Gasteiger partial charge in [0.25, 0.3) is 0 Å². The molecule has 0 bridgehead atoms. The summed E-state index contributed by atoms with van der Waals surface area (Å²) in [6, 6.07) is 19.4. The molecule has 0 amide bonds. The number of halogens is 2. The van der Waals surface area contributed by atoms with Crippen molar-refractivity contribution in [2.45, 2.75) is 56.0 Å². The predicted octanol–water partition coefficient (Wildman–Crippen LogP) is 3.33. The van der Waals surface area contributed by atoms with Crippen molar-refractivity contribution < 1.29 is 46.2 Å². The standard InChI is InChI=1S/C31H35F2NO8S/c1-40-31-30(37)29(36)28(35)26(41-31)18-43(38,39)42-25-15-7-20(8-16-25)27-21(4-2-3-19-5-9-22(32)10-6-19)17-34(27)24-13-11-23(33)12-14-24/h5-16,21,26-31,35-37H,2-4,17-18H2,1H3/t21-,26?,27+,28?,29?,30?,31?/m0/s1. The molecule has 2 saturated heterocycles. The Hall–Kier alpha value is -3.13. The number of aryl methyl sites for hydroxylation is 1. The minimum atomic E-state index is -4.28. The number of benzene rings is 3. The molecule has 232 valence electrons. The van der Waals surface area contributed by atoms with Crippen LogP contribution < -0.4 is 9.08 Å². The van der Waals surface area contributed by atoms with Gasteiger partial charge < -0.3 is 33.9 Å². The minimum Gasteiger partial charge on any atom is -0.388 e. The molecule has 2 fully saturated rings. The van der Waals surface area contributed by atoms with E-state index in [1.54, 1.807) is 48.5 Å². The van der Waals surface area contributed by atoms with Crippen molar-refractivity contribution in [1.29, 1.82) is 0 Å². The number of rotatable bonds is 11. The van der Waals surface area contributed by atoms with Crippen LogP contribution in [0.15, 0.2) is 72.8 Å². The number of aliphatic hydroxyl groups is 3. The smallest absolute Gasteiger partial charge is 0.311 e. The van der Waals surface area contributed by atoms with E-state index in [9.17, 15) is 32.5 Å². The first-order valence-electron chi connectivity index (χ1n) is 14.1. The van der Waals surface area contributed by atoms with Gasteiger partial charge >= 0.3 is 10.1 Å². The fourth-order valence-corrected chi connectivity index (χ4v) is 6.90. The summed E-state index contributed by atoms with van der Waals surface area (Å²) in [7, 11) is -3.06. The maximum atomic E-state index is 13.6. The van der Waals surface area contributed by atoms with Gasteiger partial charge in [-0.1, -0.05) is 24.3 Å². The Balaban J connectivity index is 1.26. The van der Waals surface area contributed by atoms with Crippen LogP contribution in [0.25, 0.3) is 0 Å². The molecule has 2 heterocycles. The van der Waals surface area contributed by atoms with Gasteiger partial charge in [-0.3, -0.25) is 0 Å². The van der Waals surface area contributed by atoms with E-state index in [1.165, 1.54) is 31.4 Å². The molecule has 3 aromatic carbocycles. The van der Waals surface area contributed by atoms with Crippen LogP contribution >= 0.6 is 0 Å². The first-order chi connectivity index (χ1) is 20.5. The molecule has 3 N–H and O–H groups in total. The summed E-state index contributed by atoms with van der Waals surface area (Å²) in [6.45, 7) is 0.763. The normalized spacial score (nSPS) is 27.5. The van der Waals surface area contributed by atoms with E-state index >= 15 is 0 Å². The van der Waals surface area contributed by atoms with Gasteiger partial charge in [0.15, 0.2) is 6.29 Å². The Morgan fingerprint density at radius 3 is 2.14 bits per heavy atom. The number of hydrogen-bond acceptors (Lipinski definition) is 9. The van der Waals surface area contributed by atoms with Crippen LogP contribution in [0.2, 0.25) is 0 Å². The second-order valence-corrected chi connectivity index (χ2v) is 12.6. The topological polar surface area (TPSA) is 126 Å². The van der Waals surface area contributed by atoms with E-state index in [-0.39, 0.29) is 29.3 Å². The third kappa shape index (κ3) is 7.34. The van der Waals surface area contributed by atoms with Crippen LogP contribution in [0.5, 0.6) is 5.75 Å². The van der Waals surface area contributed by atoms with Crippen molar-refractivity contribution in [2.75, 3.05) is 24.3 Å². The summed E-state index contributed by atoms with van der Waals surface area (Å²) in [5.74, 6) is -1.04. The van der Waals surface area contributed by atoms with E-state index in [0.717, 1.165) is 42.6 Å². The Kier molecular flexibility index (Phi) is 9.64. The van der Waals surface area contributed by atoms with E-state index in [4.69, 9.17) is 13.7 Å². The number of nitrogens with zero attached hydrogens (tertiary/aromatic N) is 1. The van der Waals surface area contributed by atoms with Gasteiger partial charge in [-0.05, 0) is 78.9 Å². The van der Waals surface area contributed by atoms with Gasteiger partial charge in [-0.15, -0.1) is 0 Å². The van der Waals surface area contributed by atoms with Gasteiger partial charge in [0, 0.05) is 25.3 Å². The minimum absolute atomic E-state index is 0.0333. The van der Waals surface area contributed by atoms with Crippen LogP contribution in [0.4, 0.5) is 14.5 Å². The number of hydrogen-bond donors (Lipinski definition) is 3. The third-order valence-corrected chi connectivity index (χ3v) is 9.22. The third-order valence-electron chi connectivity index (χ3n) is 8.04. The first-order valence-corrected chi connectivity index (χ1v) is 15.6. The highest BCUT2D eigenvalue weighted by atomic mass is 32.2. The maximum absolute atomic E-state index is 13.6. The number of ether oxygens (including phenoxy) is 2. The largest absolute Gasteiger partial charge is 0.388 e. The quantitative estimate of drug-likeness (QED) is 0.277. The molecule has 0 aromatic heterocycles. The molecule has 12 heteroatoms. The van der Waals surface area contributed by atoms with E-state index in [1.807, 2.05) is 0 Å². The number of anilines is 1. The fourth-order valence-electron chi connectivity index (χ4n) is 5.75. The van der Waals surface area contributed by atoms with E-state index in [0.29, 0.717) is 0 Å². The van der Waals surface area contributed by atoms with E-state index < -0.39 is 46.6 Å². The second kappa shape index (κ2) is 13.2. The van der Waals surface area contributed by atoms with Crippen LogP contribution in [0.3, 0.4) is 0 Å². The average Bonchev–Trinajstić information content (AvgIpc) is 2.97. The van der Waals surface area contributed by atoms with Crippen LogP contribution in [-0.4, -0.2) is 73.9 Å². The molecule has 2 aliphatic rings. The first kappa shape index (κ1) is 31.3. The summed E-state index contributed by atoms with van der Waals surface area (Å²) in [5.41, 5.74) is 2.86. The molecule has 5 unspecified atom stereocenters. The molecule has 0 spiro atoms. The van der Waals surface area contributed by atoms with Crippen molar-refractivity contribution in [2.24, 2.45) is 5.92 Å². The summed E-state index contributed by atoms with van der Waals surface area (Å²) < 4.78 is 67.9. The predicted molar refractivity (Wildman–Crippen MR) is 154 cm³/mol. The van der Waals surface area contributed by atoms with Crippen molar-refractivity contribution in [1.82, 2.24) is 0 Å². The lowest BCUT2D eigenvalue weighted by Gasteiger charge is -2.50. The van der Waals surface area contributed by atoms with Gasteiger partial charge in [0.1, 0.15) is 47.6 Å². The lowest BCUT2D eigenvalue weighted by Crippen LogP contribution is -2.59. The summed E-state index contributed by atoms with van der Waals surface area (Å²) in [5, 5.41) is 30.2. The molecule has 0 aliphatic carbocycles. The molecule has 5 rings (SSSR count). The van der Waals surface area contributed by atoms with Gasteiger partial charge in [0.05, 0.1) is 6.04 Å². The highest BCUT2D eigenvalue weighted by Gasteiger charge is 2.46. The lowest BCUT2D eigenvalue weighted by atomic mass is 9.79. The van der Waals surface area contributed by atoms with Crippen LogP contribution in [0.1, 0.15) is 30.0 Å². The summed E-state index contributed by atoms with van der Waals surface area (Å²) >= 11 is 0. The lowest BCUT2D eigenvalue weighted by molar-refractivity contribution is -0.285. The van der Waals surface area contributed by atoms with E-state index in [2.05, 4.69) is 4.90 Å². The SMILES string of the molecule is COC1OC(CS(=O)(=O)Oc2ccc([C@@H]3[C@@H](CCCc4ccc(F)cc4)CN3c3ccc(F)cc3)cc2)C(O)C(O)C1O. The molecule has 0 saturated carbocycles. The molecule has 3 aromatic rings. The highest BCUT2D eigenvalue weighted by Crippen LogP contribution is 2.45. The zero-order chi connectivity index (χ0) is 30.7. The van der Waals surface area contributed by atoms with Crippen molar-refractivity contribution in [3.05, 3.63) is 95.6 Å². The van der Waals surface area contributed by atoms with Crippen molar-refractivity contribution in [3.8, 4) is 5.75 Å². The zero-order valence-corrected chi connectivity index (χ0v) is 24.3. The van der Waals surface area contributed by atoms with Crippen molar-refractivity contribution >= 4 is 15.8 Å². The van der Waals surface area contributed by atoms with Gasteiger partial charge in [0.2, 0.25) is 0 Å². The van der Waals surface area contributed by atoms with Gasteiger partial charge in [-0.2, -0.15) is 8.42 Å². The van der Waals surface area contributed by atoms with Crippen molar-refractivity contribution in [3.63, 3.8) is 0 Å². The fraction of sp³-hybridized carbons (Fsp3) is 0.419. The molecule has 43 heavy (non-hydrogen) atoms. The Labute approximate surface area is 249 Å². The second-order valence-electron chi connectivity index (χ2n) is 11.0. The highest BCUT2D eigenvalue weighted by molar-refractivity contribution is 7.87. The number of methoxy groups -OCH3 is 1. The molecule has 7 atom stereocenters. The molecular weight excluding hydrogens is 584 g/mol. The van der Waals surface area contributed by atoms with Gasteiger partial charge in [-0.25, -0.2) is 8.78 Å². The Morgan fingerprint density at radius 2 is 1.51 bits per heavy atom. The molecule has 0 radical (unpaired) electrons. The van der Waals surface area contributed by atoms with Crippen LogP contribution in [0, 0.1) is 17.6 Å². The average molecular weight is 620 g/mol. The summed E-state index contributed by atoms with van der Waals surface area (Å²) in [6.07, 6.45) is -4.96. The monoisotopic (exact) mass is 619 g/mol.